The normalized spacial score (nSPS) is 15.8. The molecule has 28 heavy (non-hydrogen) atoms. The number of rotatable bonds is 7. The second kappa shape index (κ2) is 8.45. The molecule has 2 N–H and O–H groups in total. The molecule has 0 amide bonds. The lowest BCUT2D eigenvalue weighted by Crippen LogP contribution is -2.37. The van der Waals surface area contributed by atoms with Gasteiger partial charge in [-0.25, -0.2) is 9.97 Å². The van der Waals surface area contributed by atoms with E-state index < -0.39 is 0 Å². The van der Waals surface area contributed by atoms with Gasteiger partial charge in [0, 0.05) is 37.6 Å². The van der Waals surface area contributed by atoms with Crippen LogP contribution in [-0.2, 0) is 17.7 Å². The van der Waals surface area contributed by atoms with Crippen molar-refractivity contribution in [2.24, 2.45) is 0 Å². The topological polar surface area (TPSA) is 69.2 Å². The molecule has 4 rings (SSSR count). The number of pyridine rings is 1. The van der Waals surface area contributed by atoms with Crippen LogP contribution in [0.2, 0.25) is 0 Å². The summed E-state index contributed by atoms with van der Waals surface area (Å²) in [5.41, 5.74) is 9.15. The molecule has 1 aliphatic rings. The maximum absolute atomic E-state index is 6.23. The van der Waals surface area contributed by atoms with Crippen LogP contribution < -0.4 is 5.73 Å². The summed E-state index contributed by atoms with van der Waals surface area (Å²) in [6.07, 6.45) is 5.50. The number of anilines is 1. The number of nitrogens with two attached hydrogens (primary N) is 1. The van der Waals surface area contributed by atoms with E-state index in [1.807, 2.05) is 12.1 Å². The van der Waals surface area contributed by atoms with E-state index >= 15 is 0 Å². The Morgan fingerprint density at radius 2 is 1.96 bits per heavy atom. The fourth-order valence-corrected chi connectivity index (χ4v) is 4.36. The molecule has 3 aromatic rings. The summed E-state index contributed by atoms with van der Waals surface area (Å²) < 4.78 is 7.85. The number of benzene rings is 1. The Morgan fingerprint density at radius 3 is 2.75 bits per heavy atom. The third-order valence-electron chi connectivity index (χ3n) is 5.96. The highest BCUT2D eigenvalue weighted by Gasteiger charge is 2.19. The maximum atomic E-state index is 6.23. The number of hydrogen-bond acceptors (Lipinski definition) is 5. The molecule has 3 heterocycles. The molecule has 1 fully saturated rings. The monoisotopic (exact) mass is 381 g/mol. The molecule has 2 aromatic heterocycles. The van der Waals surface area contributed by atoms with Crippen molar-refractivity contribution in [2.45, 2.75) is 51.6 Å². The number of unbranched alkanes of at least 4 members (excludes halogenated alkanes) is 1. The molecule has 0 radical (unpaired) electrons. The van der Waals surface area contributed by atoms with Crippen LogP contribution in [0.4, 0.5) is 5.82 Å². The van der Waals surface area contributed by atoms with Crippen LogP contribution in [0.15, 0.2) is 24.3 Å². The van der Waals surface area contributed by atoms with Gasteiger partial charge in [0.2, 0.25) is 0 Å². The van der Waals surface area contributed by atoms with Gasteiger partial charge in [-0.15, -0.1) is 0 Å². The van der Waals surface area contributed by atoms with Crippen LogP contribution in [-0.4, -0.2) is 52.3 Å². The van der Waals surface area contributed by atoms with Gasteiger partial charge in [-0.2, -0.15) is 0 Å². The summed E-state index contributed by atoms with van der Waals surface area (Å²) in [5, 5.41) is 1.14. The maximum Gasteiger partial charge on any atom is 0.152 e. The molecule has 150 valence electrons. The molecule has 1 aromatic carbocycles. The Bertz CT molecular complexity index is 945. The predicted octanol–water partition coefficient (Wildman–Crippen LogP) is 3.62. The fourth-order valence-electron chi connectivity index (χ4n) is 4.36. The number of fused-ring (bicyclic) bond motifs is 3. The largest absolute Gasteiger partial charge is 0.382 e. The second-order valence-electron chi connectivity index (χ2n) is 7.78. The SMILES string of the molecule is CCc1nc2c(N)nc3ccccc3c2n1CCCCN(C)C1CCOCC1. The van der Waals surface area contributed by atoms with Crippen molar-refractivity contribution in [2.75, 3.05) is 32.5 Å². The molecule has 6 heteroatoms. The third-order valence-corrected chi connectivity index (χ3v) is 5.96. The van der Waals surface area contributed by atoms with Gasteiger partial charge in [0.15, 0.2) is 5.82 Å². The van der Waals surface area contributed by atoms with Gasteiger partial charge in [0.1, 0.15) is 11.3 Å². The van der Waals surface area contributed by atoms with E-state index in [1.165, 1.54) is 6.42 Å². The van der Waals surface area contributed by atoms with Crippen molar-refractivity contribution in [1.29, 1.82) is 0 Å². The van der Waals surface area contributed by atoms with Gasteiger partial charge < -0.3 is 19.9 Å². The Balaban J connectivity index is 1.51. The van der Waals surface area contributed by atoms with Crippen LogP contribution in [0.5, 0.6) is 0 Å². The lowest BCUT2D eigenvalue weighted by molar-refractivity contribution is 0.0425. The molecule has 0 unspecified atom stereocenters. The molecule has 0 aliphatic carbocycles. The first-order valence-electron chi connectivity index (χ1n) is 10.5. The molecule has 0 bridgehead atoms. The van der Waals surface area contributed by atoms with Gasteiger partial charge in [0.25, 0.3) is 0 Å². The minimum absolute atomic E-state index is 0.529. The van der Waals surface area contributed by atoms with Gasteiger partial charge in [-0.3, -0.25) is 0 Å². The molecule has 0 spiro atoms. The zero-order valence-electron chi connectivity index (χ0n) is 17.0. The van der Waals surface area contributed by atoms with E-state index in [-0.39, 0.29) is 0 Å². The molecular formula is C22H31N5O. The number of nitrogen functional groups attached to an aromatic ring is 1. The number of nitrogens with zero attached hydrogens (tertiary/aromatic N) is 4. The molecule has 0 atom stereocenters. The van der Waals surface area contributed by atoms with Gasteiger partial charge >= 0.3 is 0 Å². The first-order valence-corrected chi connectivity index (χ1v) is 10.5. The summed E-state index contributed by atoms with van der Waals surface area (Å²) >= 11 is 0. The lowest BCUT2D eigenvalue weighted by atomic mass is 10.1. The molecule has 1 saturated heterocycles. The Kier molecular flexibility index (Phi) is 5.78. The fraction of sp³-hybridized carbons (Fsp3) is 0.545. The zero-order valence-corrected chi connectivity index (χ0v) is 17.0. The summed E-state index contributed by atoms with van der Waals surface area (Å²) in [4.78, 5) is 11.9. The first kappa shape index (κ1) is 19.2. The number of imidazole rings is 1. The highest BCUT2D eigenvalue weighted by atomic mass is 16.5. The average Bonchev–Trinajstić information content (AvgIpc) is 3.11. The van der Waals surface area contributed by atoms with E-state index in [2.05, 4.69) is 40.6 Å². The summed E-state index contributed by atoms with van der Waals surface area (Å²) in [5.74, 6) is 1.62. The standard InChI is InChI=1S/C22H31N5O/c1-3-19-25-20-21(17-8-4-5-9-18(17)24-22(20)23)27(19)13-7-6-12-26(2)16-10-14-28-15-11-16/h4-5,8-9,16H,3,6-7,10-15H2,1-2H3,(H2,23,24). The number of hydrogen-bond donors (Lipinski definition) is 1. The van der Waals surface area contributed by atoms with E-state index in [0.29, 0.717) is 11.9 Å². The van der Waals surface area contributed by atoms with Crippen LogP contribution in [0, 0.1) is 0 Å². The van der Waals surface area contributed by atoms with Crippen LogP contribution >= 0.6 is 0 Å². The number of aryl methyl sites for hydroxylation is 2. The predicted molar refractivity (Wildman–Crippen MR) is 115 cm³/mol. The van der Waals surface area contributed by atoms with Crippen molar-refractivity contribution in [1.82, 2.24) is 19.4 Å². The van der Waals surface area contributed by atoms with E-state index in [4.69, 9.17) is 15.5 Å². The molecule has 6 nitrogen and oxygen atoms in total. The Morgan fingerprint density at radius 1 is 1.18 bits per heavy atom. The van der Waals surface area contributed by atoms with Crippen LogP contribution in [0.25, 0.3) is 21.9 Å². The highest BCUT2D eigenvalue weighted by Crippen LogP contribution is 2.29. The molecule has 0 saturated carbocycles. The highest BCUT2D eigenvalue weighted by molar-refractivity contribution is 6.06. The van der Waals surface area contributed by atoms with Crippen LogP contribution in [0.1, 0.15) is 38.4 Å². The van der Waals surface area contributed by atoms with Crippen molar-refractivity contribution < 1.29 is 4.74 Å². The second-order valence-corrected chi connectivity index (χ2v) is 7.78. The van der Waals surface area contributed by atoms with Crippen LogP contribution in [0.3, 0.4) is 0 Å². The quantitative estimate of drug-likeness (QED) is 0.633. The van der Waals surface area contributed by atoms with Crippen molar-refractivity contribution in [3.05, 3.63) is 30.1 Å². The number of aromatic nitrogens is 3. The number of para-hydroxylation sites is 1. The summed E-state index contributed by atoms with van der Waals surface area (Å²) in [6.45, 7) is 6.05. The van der Waals surface area contributed by atoms with Gasteiger partial charge in [-0.1, -0.05) is 25.1 Å². The zero-order chi connectivity index (χ0) is 19.5. The van der Waals surface area contributed by atoms with E-state index in [1.54, 1.807) is 0 Å². The summed E-state index contributed by atoms with van der Waals surface area (Å²) in [7, 11) is 2.25. The van der Waals surface area contributed by atoms with Crippen molar-refractivity contribution >= 4 is 27.8 Å². The Hall–Kier alpha value is -2.18. The smallest absolute Gasteiger partial charge is 0.152 e. The first-order chi connectivity index (χ1) is 13.7. The number of ether oxygens (including phenoxy) is 1. The van der Waals surface area contributed by atoms with Crippen molar-refractivity contribution in [3.8, 4) is 0 Å². The average molecular weight is 382 g/mol. The molecular weight excluding hydrogens is 350 g/mol. The lowest BCUT2D eigenvalue weighted by Gasteiger charge is -2.31. The summed E-state index contributed by atoms with van der Waals surface area (Å²) in [6, 6.07) is 8.89. The third kappa shape index (κ3) is 3.71. The van der Waals surface area contributed by atoms with E-state index in [9.17, 15) is 0 Å². The minimum Gasteiger partial charge on any atom is -0.382 e. The minimum atomic E-state index is 0.529. The van der Waals surface area contributed by atoms with Crippen molar-refractivity contribution in [3.63, 3.8) is 0 Å². The van der Waals surface area contributed by atoms with Gasteiger partial charge in [-0.05, 0) is 45.3 Å². The van der Waals surface area contributed by atoms with E-state index in [0.717, 1.165) is 79.7 Å². The molecule has 1 aliphatic heterocycles. The Labute approximate surface area is 166 Å². The van der Waals surface area contributed by atoms with Gasteiger partial charge in [0.05, 0.1) is 11.0 Å².